The van der Waals surface area contributed by atoms with Gasteiger partial charge in [-0.3, -0.25) is 9.59 Å². The summed E-state index contributed by atoms with van der Waals surface area (Å²) in [5, 5.41) is 12.9. The Morgan fingerprint density at radius 1 is 1.35 bits per heavy atom. The number of amides is 1. The fraction of sp³-hybridized carbons (Fsp3) is 0.636. The van der Waals surface area contributed by atoms with Gasteiger partial charge in [-0.05, 0) is 6.42 Å². The fourth-order valence-corrected chi connectivity index (χ4v) is 2.58. The second-order valence-electron chi connectivity index (χ2n) is 4.60. The van der Waals surface area contributed by atoms with E-state index in [0.717, 1.165) is 12.6 Å². The molecule has 3 N–H and O–H groups in total. The monoisotopic (exact) mass is 253 g/mol. The van der Waals surface area contributed by atoms with Gasteiger partial charge in [0.1, 0.15) is 0 Å². The van der Waals surface area contributed by atoms with Gasteiger partial charge in [-0.15, -0.1) is 8.86 Å². The molecule has 0 unspecified atom stereocenters. The zero-order valence-electron chi connectivity index (χ0n) is 9.40. The summed E-state index contributed by atoms with van der Waals surface area (Å²) in [7, 11) is 3.31. The van der Waals surface area contributed by atoms with Crippen LogP contribution in [0.5, 0.6) is 0 Å². The molecule has 1 saturated carbocycles. The molecule has 0 radical (unpaired) electrons. The molecule has 2 fully saturated rings. The van der Waals surface area contributed by atoms with Crippen LogP contribution in [-0.2, 0) is 9.59 Å². The molecule has 2 rings (SSSR count). The lowest BCUT2D eigenvalue weighted by molar-refractivity contribution is -0.129. The molecule has 5 nitrogen and oxygen atoms in total. The number of nitrogens with one attached hydrogen (secondary N) is 3. The SMILES string of the molecule is N=CC(=O)[C@@H]1CNC[C@H]1C(=O)N[C@H]1C[C@@H]1C=P. The maximum Gasteiger partial charge on any atom is 0.225 e. The first kappa shape index (κ1) is 12.4. The van der Waals surface area contributed by atoms with Gasteiger partial charge in [0.2, 0.25) is 5.91 Å². The lowest BCUT2D eigenvalue weighted by Gasteiger charge is -2.15. The predicted molar refractivity (Wildman–Crippen MR) is 68.1 cm³/mol. The van der Waals surface area contributed by atoms with Crippen LogP contribution in [0.3, 0.4) is 0 Å². The number of carbonyl (C=O) groups is 2. The zero-order valence-corrected chi connectivity index (χ0v) is 10.4. The summed E-state index contributed by atoms with van der Waals surface area (Å²) < 4.78 is 0. The van der Waals surface area contributed by atoms with Crippen molar-refractivity contribution in [3.63, 3.8) is 0 Å². The standard InChI is InChI=1S/C11H16N3O2P/c12-2-10(15)7-3-13-4-8(7)11(16)14-9-1-6(9)5-17/h2,5-9,12-13,17H,1,3-4H2,(H,14,16)/t6-,7-,8-,9+/m1/s1. The van der Waals surface area contributed by atoms with Gasteiger partial charge in [0.15, 0.2) is 5.78 Å². The highest BCUT2D eigenvalue weighted by Crippen LogP contribution is 2.29. The lowest BCUT2D eigenvalue weighted by atomic mass is 9.91. The van der Waals surface area contributed by atoms with Crippen molar-refractivity contribution in [2.75, 3.05) is 13.1 Å². The normalized spacial score (nSPS) is 35.1. The van der Waals surface area contributed by atoms with E-state index in [0.29, 0.717) is 19.0 Å². The smallest absolute Gasteiger partial charge is 0.225 e. The van der Waals surface area contributed by atoms with E-state index < -0.39 is 0 Å². The molecule has 0 aromatic carbocycles. The van der Waals surface area contributed by atoms with Crippen LogP contribution in [0.25, 0.3) is 0 Å². The van der Waals surface area contributed by atoms with Gasteiger partial charge < -0.3 is 16.0 Å². The van der Waals surface area contributed by atoms with E-state index in [-0.39, 0.29) is 29.6 Å². The van der Waals surface area contributed by atoms with Gasteiger partial charge in [0.25, 0.3) is 0 Å². The summed E-state index contributed by atoms with van der Waals surface area (Å²) >= 11 is 0. The van der Waals surface area contributed by atoms with Crippen molar-refractivity contribution in [1.82, 2.24) is 10.6 Å². The van der Waals surface area contributed by atoms with Gasteiger partial charge in [0.05, 0.1) is 12.1 Å². The summed E-state index contributed by atoms with van der Waals surface area (Å²) in [5.41, 5.74) is 0. The topological polar surface area (TPSA) is 82.1 Å². The molecular weight excluding hydrogens is 237 g/mol. The molecule has 1 heterocycles. The number of hydrogen-bond donors (Lipinski definition) is 3. The minimum Gasteiger partial charge on any atom is -0.352 e. The predicted octanol–water partition coefficient (Wildman–Crippen LogP) is -0.510. The molecule has 2 aliphatic rings. The average molecular weight is 253 g/mol. The van der Waals surface area contributed by atoms with Crippen molar-refractivity contribution in [3.8, 4) is 0 Å². The lowest BCUT2D eigenvalue weighted by Crippen LogP contribution is -2.39. The quantitative estimate of drug-likeness (QED) is 0.456. The first-order chi connectivity index (χ1) is 8.17. The zero-order chi connectivity index (χ0) is 12.4. The third kappa shape index (κ3) is 2.61. The molecular formula is C11H16N3O2P. The molecule has 0 aromatic heterocycles. The second-order valence-corrected chi connectivity index (χ2v) is 4.93. The molecule has 1 aliphatic carbocycles. The second kappa shape index (κ2) is 5.07. The third-order valence-corrected chi connectivity index (χ3v) is 3.87. The Balaban J connectivity index is 1.92. The first-order valence-electron chi connectivity index (χ1n) is 5.73. The molecule has 4 atom stereocenters. The van der Waals surface area contributed by atoms with Gasteiger partial charge in [0, 0.05) is 31.0 Å². The molecule has 0 spiro atoms. The van der Waals surface area contributed by atoms with Crippen LogP contribution < -0.4 is 10.6 Å². The van der Waals surface area contributed by atoms with Crippen LogP contribution in [0.4, 0.5) is 0 Å². The Morgan fingerprint density at radius 2 is 2.06 bits per heavy atom. The molecule has 92 valence electrons. The molecule has 1 aliphatic heterocycles. The Kier molecular flexibility index (Phi) is 3.69. The Bertz CT molecular complexity index is 372. The molecule has 1 saturated heterocycles. The van der Waals surface area contributed by atoms with Gasteiger partial charge in [-0.2, -0.15) is 0 Å². The van der Waals surface area contributed by atoms with Crippen LogP contribution in [-0.4, -0.2) is 42.8 Å². The summed E-state index contributed by atoms with van der Waals surface area (Å²) in [6.07, 6.45) is 1.77. The molecule has 0 bridgehead atoms. The van der Waals surface area contributed by atoms with Gasteiger partial charge >= 0.3 is 0 Å². The molecule has 0 aromatic rings. The van der Waals surface area contributed by atoms with E-state index in [4.69, 9.17) is 5.41 Å². The summed E-state index contributed by atoms with van der Waals surface area (Å²) in [4.78, 5) is 23.5. The van der Waals surface area contributed by atoms with E-state index in [9.17, 15) is 9.59 Å². The number of Topliss-reactive ketones (excluding diaryl/α,β-unsaturated/α-hetero) is 1. The number of ketones is 1. The maximum atomic E-state index is 12.0. The average Bonchev–Trinajstić information content (AvgIpc) is 2.90. The van der Waals surface area contributed by atoms with Crippen LogP contribution in [0.2, 0.25) is 0 Å². The van der Waals surface area contributed by atoms with Crippen molar-refractivity contribution < 1.29 is 9.59 Å². The molecule has 1 amide bonds. The molecule has 17 heavy (non-hydrogen) atoms. The summed E-state index contributed by atoms with van der Waals surface area (Å²) in [6, 6.07) is 0.205. The van der Waals surface area contributed by atoms with Crippen molar-refractivity contribution in [2.24, 2.45) is 17.8 Å². The minimum atomic E-state index is -0.378. The van der Waals surface area contributed by atoms with Crippen LogP contribution in [0.15, 0.2) is 0 Å². The Morgan fingerprint density at radius 3 is 2.65 bits per heavy atom. The highest BCUT2D eigenvalue weighted by molar-refractivity contribution is 7.18. The number of hydrogen-bond acceptors (Lipinski definition) is 4. The van der Waals surface area contributed by atoms with Crippen LogP contribution in [0, 0.1) is 23.2 Å². The fourth-order valence-electron chi connectivity index (χ4n) is 2.21. The Labute approximate surface area is 102 Å². The first-order valence-corrected chi connectivity index (χ1v) is 6.31. The van der Waals surface area contributed by atoms with Crippen LogP contribution >= 0.6 is 8.86 Å². The van der Waals surface area contributed by atoms with Gasteiger partial charge in [-0.25, -0.2) is 0 Å². The number of rotatable bonds is 5. The van der Waals surface area contributed by atoms with Crippen molar-refractivity contribution in [1.29, 1.82) is 5.41 Å². The largest absolute Gasteiger partial charge is 0.352 e. The van der Waals surface area contributed by atoms with Crippen molar-refractivity contribution in [3.05, 3.63) is 0 Å². The maximum absolute atomic E-state index is 12.0. The van der Waals surface area contributed by atoms with E-state index in [1.807, 2.05) is 5.80 Å². The minimum absolute atomic E-state index is 0.0729. The third-order valence-electron chi connectivity index (χ3n) is 3.44. The van der Waals surface area contributed by atoms with Gasteiger partial charge in [-0.1, -0.05) is 5.80 Å². The van der Waals surface area contributed by atoms with Crippen molar-refractivity contribution in [2.45, 2.75) is 12.5 Å². The van der Waals surface area contributed by atoms with E-state index in [1.54, 1.807) is 0 Å². The van der Waals surface area contributed by atoms with Crippen molar-refractivity contribution >= 4 is 32.6 Å². The van der Waals surface area contributed by atoms with E-state index in [2.05, 4.69) is 19.5 Å². The van der Waals surface area contributed by atoms with E-state index in [1.165, 1.54) is 0 Å². The summed E-state index contributed by atoms with van der Waals surface area (Å²) in [5.74, 6) is 1.25. The van der Waals surface area contributed by atoms with E-state index >= 15 is 0 Å². The number of carbonyl (C=O) groups excluding carboxylic acids is 2. The van der Waals surface area contributed by atoms with Crippen LogP contribution in [0.1, 0.15) is 6.42 Å². The summed E-state index contributed by atoms with van der Waals surface area (Å²) in [6.45, 7) is 1.01. The Hall–Kier alpha value is -1.06. The molecule has 6 heteroatoms. The highest BCUT2D eigenvalue weighted by Gasteiger charge is 2.41. The highest BCUT2D eigenvalue weighted by atomic mass is 31.0.